The van der Waals surface area contributed by atoms with Gasteiger partial charge >= 0.3 is 0 Å². The lowest BCUT2D eigenvalue weighted by Crippen LogP contribution is -2.49. The molecule has 1 saturated heterocycles. The zero-order valence-electron chi connectivity index (χ0n) is 28.2. The van der Waals surface area contributed by atoms with E-state index in [0.717, 1.165) is 52.9 Å². The van der Waals surface area contributed by atoms with Crippen LogP contribution < -0.4 is 27.4 Å². The van der Waals surface area contributed by atoms with E-state index >= 15 is 0 Å². The van der Waals surface area contributed by atoms with Crippen LogP contribution in [0.2, 0.25) is 0 Å². The number of anilines is 2. The standard InChI is InChI=1S/C15H17N3.C13H13N3.C7H13N3.BH2/c1-11-7-3-5-9-13(11)17-15(16)18-14-10-6-4-8-12(14)2;14-13(15-11-7-3-1-4-8-11)16-12-9-5-2-6-10-12;1-3-8-7-9-4-2-6-10(7)5-1;/h3-10H,1-2H3,(H3,16,17,18);1-10H,(H3,14,15,16);1-6H2,(H,8,9);1H2/i;;;1TD. The van der Waals surface area contributed by atoms with Gasteiger partial charge in [-0.25, -0.2) is 9.98 Å². The summed E-state index contributed by atoms with van der Waals surface area (Å²) in [4.78, 5) is 15.3. The van der Waals surface area contributed by atoms with Crippen molar-refractivity contribution in [3.05, 3.63) is 120 Å². The van der Waals surface area contributed by atoms with E-state index in [9.17, 15) is 0 Å². The minimum Gasteiger partial charge on any atom is -0.369 e. The molecule has 0 aliphatic carbocycles. The fourth-order valence-electron chi connectivity index (χ4n) is 4.54. The van der Waals surface area contributed by atoms with Crippen molar-refractivity contribution in [2.75, 3.05) is 36.8 Å². The average molecular weight is 606 g/mol. The normalized spacial score (nSPS) is 14.4. The number of guanidine groups is 3. The molecule has 233 valence electrons. The van der Waals surface area contributed by atoms with Gasteiger partial charge in [0.05, 0.1) is 19.7 Å². The van der Waals surface area contributed by atoms with Crippen LogP contribution in [0, 0.1) is 13.8 Å². The number of nitrogens with two attached hydrogens (primary N) is 2. The molecule has 0 bridgehead atoms. The SMILES string of the molecule is C1CN=C2NCCCN2C1.Cc1ccccc1N=C(N)Nc1ccccc1C.NC(=Nc1ccccc1)Nc1ccccc1.[2H][B][3H]. The molecule has 45 heavy (non-hydrogen) atoms. The average Bonchev–Trinajstić information content (AvgIpc) is 3.09. The number of hydrogen-bond donors (Lipinski definition) is 5. The smallest absolute Gasteiger partial charge is 0.198 e. The largest absolute Gasteiger partial charge is 0.369 e. The number of para-hydroxylation sites is 4. The minimum atomic E-state index is 0.386. The monoisotopic (exact) mass is 605 g/mol. The van der Waals surface area contributed by atoms with E-state index in [1.54, 1.807) is 0 Å². The number of fused-ring (bicyclic) bond motifs is 1. The van der Waals surface area contributed by atoms with Gasteiger partial charge in [0, 0.05) is 37.6 Å². The number of aliphatic imine (C=N–C) groups is 3. The van der Waals surface area contributed by atoms with Crippen LogP contribution >= 0.6 is 0 Å². The molecule has 0 amide bonds. The van der Waals surface area contributed by atoms with E-state index in [0.29, 0.717) is 20.3 Å². The van der Waals surface area contributed by atoms with Crippen LogP contribution in [0.5, 0.6) is 0 Å². The maximum Gasteiger partial charge on any atom is 0.198 e. The van der Waals surface area contributed by atoms with Crippen molar-refractivity contribution in [3.63, 3.8) is 0 Å². The second-order valence-corrected chi connectivity index (χ2v) is 10.4. The molecule has 7 N–H and O–H groups in total. The van der Waals surface area contributed by atoms with Gasteiger partial charge in [-0.2, -0.15) is 0 Å². The van der Waals surface area contributed by atoms with E-state index in [-0.39, 0.29) is 0 Å². The lowest BCUT2D eigenvalue weighted by Gasteiger charge is -2.33. The molecule has 4 aromatic rings. The molecule has 0 spiro atoms. The predicted molar refractivity (Wildman–Crippen MR) is 195 cm³/mol. The van der Waals surface area contributed by atoms with Gasteiger partial charge in [0.1, 0.15) is 0 Å². The third-order valence-electron chi connectivity index (χ3n) is 6.85. The van der Waals surface area contributed by atoms with Gasteiger partial charge in [0.25, 0.3) is 0 Å². The van der Waals surface area contributed by atoms with Crippen LogP contribution in [0.3, 0.4) is 0 Å². The first-order valence-electron chi connectivity index (χ1n) is 16.1. The van der Waals surface area contributed by atoms with Crippen molar-refractivity contribution in [2.45, 2.75) is 26.7 Å². The van der Waals surface area contributed by atoms with Gasteiger partial charge in [0.15, 0.2) is 17.9 Å². The molecule has 2 heterocycles. The van der Waals surface area contributed by atoms with Gasteiger partial charge < -0.3 is 32.3 Å². The fourth-order valence-corrected chi connectivity index (χ4v) is 4.54. The zero-order chi connectivity index (χ0) is 33.7. The van der Waals surface area contributed by atoms with E-state index in [1.165, 1.54) is 25.9 Å². The summed E-state index contributed by atoms with van der Waals surface area (Å²) < 4.78 is 11.5. The molecule has 4 aromatic carbocycles. The highest BCUT2D eigenvalue weighted by molar-refractivity contribution is 5.95. The molecule has 0 aromatic heterocycles. The van der Waals surface area contributed by atoms with Crippen LogP contribution in [0.4, 0.5) is 22.7 Å². The quantitative estimate of drug-likeness (QED) is 0.123. The first-order valence-corrected chi connectivity index (χ1v) is 14.9. The Bertz CT molecular complexity index is 1570. The summed E-state index contributed by atoms with van der Waals surface area (Å²) in [6, 6.07) is 35.2. The van der Waals surface area contributed by atoms with Gasteiger partial charge in [-0.05, 0) is 76.9 Å². The number of nitrogens with one attached hydrogen (secondary N) is 3. The van der Waals surface area contributed by atoms with E-state index < -0.39 is 0 Å². The minimum absolute atomic E-state index is 0.386. The lowest BCUT2D eigenvalue weighted by molar-refractivity contribution is 0.346. The summed E-state index contributed by atoms with van der Waals surface area (Å²) in [7, 11) is 0.500. The maximum absolute atomic E-state index is 5.91. The molecule has 9 nitrogen and oxygen atoms in total. The molecule has 0 saturated carbocycles. The van der Waals surface area contributed by atoms with Gasteiger partial charge in [-0.15, -0.1) is 0 Å². The van der Waals surface area contributed by atoms with Gasteiger partial charge in [-0.1, -0.05) is 72.8 Å². The number of aryl methyl sites for hydroxylation is 2. The Morgan fingerprint density at radius 3 is 2.11 bits per heavy atom. The molecule has 0 unspecified atom stereocenters. The van der Waals surface area contributed by atoms with Crippen molar-refractivity contribution in [1.29, 1.82) is 2.67 Å². The Hall–Kier alpha value is -5.25. The van der Waals surface area contributed by atoms with Crippen LogP contribution in [-0.2, 0) is 0 Å². The van der Waals surface area contributed by atoms with E-state index in [1.807, 2.05) is 123 Å². The first-order chi connectivity index (χ1) is 22.9. The summed E-state index contributed by atoms with van der Waals surface area (Å²) in [5.41, 5.74) is 17.6. The van der Waals surface area contributed by atoms with Crippen molar-refractivity contribution in [2.24, 2.45) is 26.4 Å². The molecular formula is C35H45BN9. The lowest BCUT2D eigenvalue weighted by atomic mass is 10.2. The highest BCUT2D eigenvalue weighted by Crippen LogP contribution is 2.18. The Morgan fingerprint density at radius 1 is 0.822 bits per heavy atom. The van der Waals surface area contributed by atoms with Crippen molar-refractivity contribution in [1.82, 2.24) is 10.2 Å². The molecular weight excluding hydrogens is 557 g/mol. The summed E-state index contributed by atoms with van der Waals surface area (Å²) in [6.07, 6.45) is 2.49. The Morgan fingerprint density at radius 2 is 1.42 bits per heavy atom. The highest BCUT2D eigenvalue weighted by atomic mass is 15.3. The predicted octanol–water partition coefficient (Wildman–Crippen LogP) is 5.23. The number of hydrogen-bond acceptors (Lipinski definition) is 5. The highest BCUT2D eigenvalue weighted by Gasteiger charge is 2.17. The van der Waals surface area contributed by atoms with Gasteiger partial charge in [0.2, 0.25) is 0 Å². The molecule has 1 fully saturated rings. The van der Waals surface area contributed by atoms with Crippen molar-refractivity contribution in [3.8, 4) is 0 Å². The molecule has 10 heteroatoms. The molecule has 2 aliphatic heterocycles. The molecule has 0 atom stereocenters. The Balaban J connectivity index is 0.000000189. The third-order valence-corrected chi connectivity index (χ3v) is 6.85. The van der Waals surface area contributed by atoms with Gasteiger partial charge in [-0.3, -0.25) is 4.99 Å². The summed E-state index contributed by atoms with van der Waals surface area (Å²) in [6.45, 7) is 8.56. The van der Waals surface area contributed by atoms with Crippen molar-refractivity contribution < 1.29 is 0 Å². The van der Waals surface area contributed by atoms with E-state index in [4.69, 9.17) is 14.1 Å². The van der Waals surface area contributed by atoms with Crippen LogP contribution in [0.25, 0.3) is 0 Å². The summed E-state index contributed by atoms with van der Waals surface area (Å²) in [5.74, 6) is 1.92. The van der Waals surface area contributed by atoms with Crippen LogP contribution in [-0.4, -0.2) is 60.0 Å². The summed E-state index contributed by atoms with van der Waals surface area (Å²) >= 11 is 0. The second-order valence-electron chi connectivity index (χ2n) is 10.4. The van der Waals surface area contributed by atoms with Crippen LogP contribution in [0.1, 0.15) is 24.0 Å². The second kappa shape index (κ2) is 18.4. The van der Waals surface area contributed by atoms with Crippen molar-refractivity contribution >= 4 is 49.0 Å². The first kappa shape index (κ1) is 31.2. The third kappa shape index (κ3) is 11.7. The fraction of sp³-hybridized carbons (Fsp3) is 0.229. The Kier molecular flexibility index (Phi) is 12.8. The molecule has 2 aliphatic rings. The number of benzene rings is 4. The number of nitrogens with zero attached hydrogens (tertiary/aromatic N) is 4. The number of rotatable bonds is 4. The zero-order valence-corrected chi connectivity index (χ0v) is 26.2. The van der Waals surface area contributed by atoms with E-state index in [2.05, 4.69) is 35.8 Å². The topological polar surface area (TPSA) is 128 Å². The van der Waals surface area contributed by atoms with Crippen LogP contribution in [0.15, 0.2) is 124 Å². The molecule has 1 radical (unpaired) electrons. The maximum atomic E-state index is 5.91. The Labute approximate surface area is 271 Å². The molecule has 6 rings (SSSR count). The summed E-state index contributed by atoms with van der Waals surface area (Å²) in [5, 5.41) is 9.43.